The Morgan fingerprint density at radius 1 is 1.42 bits per heavy atom. The number of ether oxygens (including phenoxy) is 1. The first-order valence-electron chi connectivity index (χ1n) is 5.17. The fraction of sp³-hybridized carbons (Fsp3) is 0.778. The van der Waals surface area contributed by atoms with Gasteiger partial charge in [0, 0.05) is 13.7 Å². The van der Waals surface area contributed by atoms with Gasteiger partial charge < -0.3 is 25.2 Å². The van der Waals surface area contributed by atoms with E-state index >= 15 is 0 Å². The van der Waals surface area contributed by atoms with E-state index in [1.165, 1.54) is 0 Å². The van der Waals surface area contributed by atoms with Crippen LogP contribution in [0.4, 0.5) is 18.0 Å². The number of urea groups is 1. The number of nitrogens with zero attached hydrogens (tertiary/aromatic N) is 1. The van der Waals surface area contributed by atoms with Crippen LogP contribution in [0.1, 0.15) is 0 Å². The Morgan fingerprint density at radius 2 is 2.00 bits per heavy atom. The zero-order valence-corrected chi connectivity index (χ0v) is 10.1. The molecule has 7 nitrogen and oxygen atoms in total. The summed E-state index contributed by atoms with van der Waals surface area (Å²) < 4.78 is 41.0. The molecule has 0 aromatic rings. The molecule has 19 heavy (non-hydrogen) atoms. The van der Waals surface area contributed by atoms with Crippen LogP contribution in [0.2, 0.25) is 0 Å². The molecule has 10 heteroatoms. The van der Waals surface area contributed by atoms with Gasteiger partial charge in [-0.2, -0.15) is 13.2 Å². The van der Waals surface area contributed by atoms with Gasteiger partial charge in [0.25, 0.3) is 0 Å². The summed E-state index contributed by atoms with van der Waals surface area (Å²) in [5.41, 5.74) is 0. The Balaban J connectivity index is 4.44. The number of aliphatic hydroxyl groups excluding tert-OH is 1. The zero-order valence-electron chi connectivity index (χ0n) is 10.1. The van der Waals surface area contributed by atoms with Crippen LogP contribution in [0.15, 0.2) is 0 Å². The SMILES string of the molecule is COC(CNC(=O)N(CCO)CC(F)(F)F)C(=O)O. The molecule has 0 saturated carbocycles. The molecule has 2 amide bonds. The molecule has 0 aromatic carbocycles. The van der Waals surface area contributed by atoms with Crippen molar-refractivity contribution in [3.8, 4) is 0 Å². The number of nitrogens with one attached hydrogen (secondary N) is 1. The second-order valence-electron chi connectivity index (χ2n) is 3.51. The van der Waals surface area contributed by atoms with Crippen molar-refractivity contribution < 1.29 is 37.7 Å². The largest absolute Gasteiger partial charge is 0.479 e. The number of carbonyl (C=O) groups excluding carboxylic acids is 1. The van der Waals surface area contributed by atoms with Gasteiger partial charge in [-0.25, -0.2) is 9.59 Å². The highest BCUT2D eigenvalue weighted by molar-refractivity contribution is 5.77. The second-order valence-corrected chi connectivity index (χ2v) is 3.51. The lowest BCUT2D eigenvalue weighted by Gasteiger charge is -2.24. The monoisotopic (exact) mass is 288 g/mol. The molecule has 0 aliphatic rings. The number of carboxylic acids is 1. The highest BCUT2D eigenvalue weighted by atomic mass is 19.4. The minimum absolute atomic E-state index is 0.328. The number of alkyl halides is 3. The number of carboxylic acid groups (broad SMARTS) is 1. The molecule has 0 aromatic heterocycles. The normalized spacial score (nSPS) is 12.9. The third-order valence-electron chi connectivity index (χ3n) is 2.03. The van der Waals surface area contributed by atoms with Crippen LogP contribution in [0.5, 0.6) is 0 Å². The molecule has 0 spiro atoms. The molecule has 0 bridgehead atoms. The maximum atomic E-state index is 12.2. The Kier molecular flexibility index (Phi) is 7.16. The predicted octanol–water partition coefficient (Wildman–Crippen LogP) is -0.348. The van der Waals surface area contributed by atoms with Crippen LogP contribution in [-0.4, -0.2) is 72.7 Å². The van der Waals surface area contributed by atoms with Crippen molar-refractivity contribution in [2.24, 2.45) is 0 Å². The van der Waals surface area contributed by atoms with Gasteiger partial charge in [-0.1, -0.05) is 0 Å². The van der Waals surface area contributed by atoms with Gasteiger partial charge in [-0.3, -0.25) is 0 Å². The average molecular weight is 288 g/mol. The molecule has 1 atom stereocenters. The quantitative estimate of drug-likeness (QED) is 0.595. The molecule has 3 N–H and O–H groups in total. The molecule has 0 radical (unpaired) electrons. The van der Waals surface area contributed by atoms with E-state index in [2.05, 4.69) is 4.74 Å². The molecule has 112 valence electrons. The van der Waals surface area contributed by atoms with Crippen LogP contribution in [-0.2, 0) is 9.53 Å². The van der Waals surface area contributed by atoms with Crippen LogP contribution in [0.3, 0.4) is 0 Å². The number of methoxy groups -OCH3 is 1. The first-order chi connectivity index (χ1) is 8.71. The van der Waals surface area contributed by atoms with E-state index in [-0.39, 0.29) is 0 Å². The van der Waals surface area contributed by atoms with Gasteiger partial charge >= 0.3 is 18.2 Å². The Morgan fingerprint density at radius 3 is 2.37 bits per heavy atom. The van der Waals surface area contributed by atoms with Crippen LogP contribution < -0.4 is 5.32 Å². The van der Waals surface area contributed by atoms with Gasteiger partial charge in [0.15, 0.2) is 6.10 Å². The highest BCUT2D eigenvalue weighted by Gasteiger charge is 2.33. The molecule has 0 aliphatic carbocycles. The Labute approximate surface area is 106 Å². The molecule has 0 fully saturated rings. The topological polar surface area (TPSA) is 99.1 Å². The Hall–Kier alpha value is -1.55. The third-order valence-corrected chi connectivity index (χ3v) is 2.03. The molecule has 0 heterocycles. The van der Waals surface area contributed by atoms with Gasteiger partial charge in [-0.05, 0) is 0 Å². The first-order valence-corrected chi connectivity index (χ1v) is 5.17. The number of hydrogen-bond donors (Lipinski definition) is 3. The highest BCUT2D eigenvalue weighted by Crippen LogP contribution is 2.16. The van der Waals surface area contributed by atoms with E-state index in [0.29, 0.717) is 4.90 Å². The zero-order chi connectivity index (χ0) is 15.1. The number of halogens is 3. The number of hydrogen-bond acceptors (Lipinski definition) is 4. The summed E-state index contributed by atoms with van der Waals surface area (Å²) in [6.07, 6.45) is -5.97. The number of aliphatic carboxylic acids is 1. The molecule has 0 saturated heterocycles. The van der Waals surface area contributed by atoms with E-state index in [0.717, 1.165) is 7.11 Å². The fourth-order valence-electron chi connectivity index (χ4n) is 1.15. The average Bonchev–Trinajstić information content (AvgIpc) is 2.26. The molecular formula is C9H15F3N2O5. The van der Waals surface area contributed by atoms with Crippen molar-refractivity contribution in [2.75, 3.05) is 33.4 Å². The van der Waals surface area contributed by atoms with Gasteiger partial charge in [0.05, 0.1) is 13.2 Å². The fourth-order valence-corrected chi connectivity index (χ4v) is 1.15. The summed E-state index contributed by atoms with van der Waals surface area (Å²) in [5.74, 6) is -1.35. The standard InChI is InChI=1S/C9H15F3N2O5/c1-19-6(7(16)17)4-13-8(18)14(2-3-15)5-9(10,11)12/h6,15H,2-5H2,1H3,(H,13,18)(H,16,17). The van der Waals surface area contributed by atoms with Crippen molar-refractivity contribution >= 4 is 12.0 Å². The van der Waals surface area contributed by atoms with Crippen LogP contribution >= 0.6 is 0 Å². The second kappa shape index (κ2) is 7.79. The summed E-state index contributed by atoms with van der Waals surface area (Å²) in [7, 11) is 1.09. The Bertz CT molecular complexity index is 311. The molecule has 1 unspecified atom stereocenters. The smallest absolute Gasteiger partial charge is 0.406 e. The predicted molar refractivity (Wildman–Crippen MR) is 56.5 cm³/mol. The van der Waals surface area contributed by atoms with Crippen LogP contribution in [0.25, 0.3) is 0 Å². The van der Waals surface area contributed by atoms with Crippen molar-refractivity contribution in [3.63, 3.8) is 0 Å². The third kappa shape index (κ3) is 7.47. The van der Waals surface area contributed by atoms with E-state index < -0.39 is 50.5 Å². The van der Waals surface area contributed by atoms with Gasteiger partial charge in [0.2, 0.25) is 0 Å². The number of carbonyl (C=O) groups is 2. The van der Waals surface area contributed by atoms with Crippen LogP contribution in [0, 0.1) is 0 Å². The number of amides is 2. The molecular weight excluding hydrogens is 273 g/mol. The summed E-state index contributed by atoms with van der Waals surface area (Å²) in [4.78, 5) is 22.3. The van der Waals surface area contributed by atoms with Crippen molar-refractivity contribution in [3.05, 3.63) is 0 Å². The minimum atomic E-state index is -4.61. The summed E-state index contributed by atoms with van der Waals surface area (Å²) in [6, 6.07) is -1.13. The van der Waals surface area contributed by atoms with E-state index in [1.807, 2.05) is 5.32 Å². The van der Waals surface area contributed by atoms with Gasteiger partial charge in [0.1, 0.15) is 6.54 Å². The first kappa shape index (κ1) is 17.4. The maximum Gasteiger partial charge on any atom is 0.406 e. The lowest BCUT2D eigenvalue weighted by atomic mass is 10.3. The summed E-state index contributed by atoms with van der Waals surface area (Å²) in [6.45, 7) is -3.18. The van der Waals surface area contributed by atoms with E-state index in [4.69, 9.17) is 10.2 Å². The number of rotatable bonds is 7. The maximum absolute atomic E-state index is 12.2. The summed E-state index contributed by atoms with van der Waals surface area (Å²) >= 11 is 0. The van der Waals surface area contributed by atoms with Crippen molar-refractivity contribution in [2.45, 2.75) is 12.3 Å². The molecule has 0 aliphatic heterocycles. The lowest BCUT2D eigenvalue weighted by Crippen LogP contribution is -2.48. The van der Waals surface area contributed by atoms with Crippen molar-refractivity contribution in [1.29, 1.82) is 0 Å². The number of aliphatic hydroxyl groups is 1. The lowest BCUT2D eigenvalue weighted by molar-refractivity contribution is -0.148. The van der Waals surface area contributed by atoms with Crippen molar-refractivity contribution in [1.82, 2.24) is 10.2 Å². The molecule has 0 rings (SSSR count). The summed E-state index contributed by atoms with van der Waals surface area (Å²) in [5, 5.41) is 19.2. The minimum Gasteiger partial charge on any atom is -0.479 e. The van der Waals surface area contributed by atoms with E-state index in [9.17, 15) is 22.8 Å². The van der Waals surface area contributed by atoms with Gasteiger partial charge in [-0.15, -0.1) is 0 Å². The van der Waals surface area contributed by atoms with E-state index in [1.54, 1.807) is 0 Å².